The minimum atomic E-state index is -0.0629. The molecular weight excluding hydrogens is 683 g/mol. The van der Waals surface area contributed by atoms with Gasteiger partial charge in [-0.05, 0) is 86.6 Å². The number of furan rings is 2. The molecule has 0 N–H and O–H groups in total. The van der Waals surface area contributed by atoms with Crippen LogP contribution in [0.5, 0.6) is 0 Å². The molecule has 0 unspecified atom stereocenters. The summed E-state index contributed by atoms with van der Waals surface area (Å²) < 4.78 is 13.7. The molecule has 56 heavy (non-hydrogen) atoms. The molecule has 0 radical (unpaired) electrons. The van der Waals surface area contributed by atoms with Crippen LogP contribution in [-0.4, -0.2) is 0 Å². The third-order valence-corrected chi connectivity index (χ3v) is 12.3. The van der Waals surface area contributed by atoms with E-state index in [-0.39, 0.29) is 5.41 Å². The van der Waals surface area contributed by atoms with E-state index in [9.17, 15) is 0 Å². The van der Waals surface area contributed by atoms with Gasteiger partial charge in [0.15, 0.2) is 5.58 Å². The summed E-state index contributed by atoms with van der Waals surface area (Å²) >= 11 is 0. The second-order valence-corrected chi connectivity index (χ2v) is 15.6. The average Bonchev–Trinajstić information content (AvgIpc) is 3.90. The predicted molar refractivity (Wildman–Crippen MR) is 234 cm³/mol. The second kappa shape index (κ2) is 11.5. The molecule has 0 saturated heterocycles. The van der Waals surface area contributed by atoms with Gasteiger partial charge in [0.05, 0.1) is 16.8 Å². The van der Waals surface area contributed by atoms with Gasteiger partial charge in [-0.1, -0.05) is 147 Å². The Hall–Kier alpha value is -7.10. The smallest absolute Gasteiger partial charge is 0.159 e. The van der Waals surface area contributed by atoms with E-state index in [0.717, 1.165) is 82.5 Å². The van der Waals surface area contributed by atoms with Crippen LogP contribution in [0.2, 0.25) is 0 Å². The molecule has 0 amide bonds. The van der Waals surface area contributed by atoms with Gasteiger partial charge in [-0.3, -0.25) is 0 Å². The maximum absolute atomic E-state index is 6.99. The third-order valence-electron chi connectivity index (χ3n) is 12.3. The van der Waals surface area contributed by atoms with Crippen LogP contribution in [0.1, 0.15) is 25.0 Å². The van der Waals surface area contributed by atoms with Crippen LogP contribution in [0.3, 0.4) is 0 Å². The molecule has 3 nitrogen and oxygen atoms in total. The van der Waals surface area contributed by atoms with Crippen LogP contribution in [0.4, 0.5) is 17.1 Å². The first-order valence-corrected chi connectivity index (χ1v) is 19.3. The Morgan fingerprint density at radius 3 is 1.80 bits per heavy atom. The summed E-state index contributed by atoms with van der Waals surface area (Å²) in [7, 11) is 0. The third kappa shape index (κ3) is 4.28. The summed E-state index contributed by atoms with van der Waals surface area (Å²) in [6, 6.07) is 63.3. The number of nitrogens with zero attached hydrogens (tertiary/aromatic N) is 1. The van der Waals surface area contributed by atoms with Crippen molar-refractivity contribution in [3.8, 4) is 22.3 Å². The van der Waals surface area contributed by atoms with E-state index in [1.54, 1.807) is 0 Å². The molecule has 3 heteroatoms. The fourth-order valence-corrected chi connectivity index (χ4v) is 9.60. The van der Waals surface area contributed by atoms with Crippen molar-refractivity contribution in [2.45, 2.75) is 19.3 Å². The molecule has 0 atom stereocenters. The van der Waals surface area contributed by atoms with Gasteiger partial charge < -0.3 is 13.7 Å². The van der Waals surface area contributed by atoms with Gasteiger partial charge in [0, 0.05) is 38.0 Å². The summed E-state index contributed by atoms with van der Waals surface area (Å²) in [5, 5.41) is 8.87. The number of fused-ring (bicyclic) bond motifs is 13. The van der Waals surface area contributed by atoms with E-state index >= 15 is 0 Å². The topological polar surface area (TPSA) is 29.5 Å². The Bertz CT molecular complexity index is 3400. The highest BCUT2D eigenvalue weighted by Gasteiger charge is 2.36. The summed E-state index contributed by atoms with van der Waals surface area (Å²) in [5.41, 5.74) is 14.3. The first-order valence-electron chi connectivity index (χ1n) is 19.3. The minimum Gasteiger partial charge on any atom is -0.455 e. The molecule has 9 aromatic carbocycles. The molecule has 2 aromatic heterocycles. The highest BCUT2D eigenvalue weighted by molar-refractivity contribution is 6.21. The first kappa shape index (κ1) is 31.3. The molecule has 11 aromatic rings. The van der Waals surface area contributed by atoms with Crippen LogP contribution >= 0.6 is 0 Å². The Kier molecular flexibility index (Phi) is 6.40. The van der Waals surface area contributed by atoms with Crippen LogP contribution in [-0.2, 0) is 5.41 Å². The van der Waals surface area contributed by atoms with Crippen molar-refractivity contribution in [2.24, 2.45) is 0 Å². The monoisotopic (exact) mass is 717 g/mol. The Morgan fingerprint density at radius 2 is 1.00 bits per heavy atom. The van der Waals surface area contributed by atoms with Crippen LogP contribution < -0.4 is 4.90 Å². The molecule has 1 aliphatic rings. The molecule has 264 valence electrons. The van der Waals surface area contributed by atoms with E-state index in [0.29, 0.717) is 0 Å². The van der Waals surface area contributed by atoms with Crippen molar-refractivity contribution < 1.29 is 8.83 Å². The fraction of sp³-hybridized carbons (Fsp3) is 0.0566. The number of para-hydroxylation sites is 1. The lowest BCUT2D eigenvalue weighted by Gasteiger charge is -2.26. The molecule has 0 saturated carbocycles. The van der Waals surface area contributed by atoms with Crippen molar-refractivity contribution in [1.82, 2.24) is 0 Å². The molecule has 0 aliphatic heterocycles. The van der Waals surface area contributed by atoms with E-state index < -0.39 is 0 Å². The van der Waals surface area contributed by atoms with Gasteiger partial charge in [0.25, 0.3) is 0 Å². The normalized spacial score (nSPS) is 13.3. The number of benzene rings is 9. The van der Waals surface area contributed by atoms with Crippen LogP contribution in [0.15, 0.2) is 185 Å². The maximum Gasteiger partial charge on any atom is 0.159 e. The molecule has 12 rings (SSSR count). The number of anilines is 3. The van der Waals surface area contributed by atoms with Gasteiger partial charge in [-0.15, -0.1) is 0 Å². The van der Waals surface area contributed by atoms with Gasteiger partial charge in [-0.2, -0.15) is 0 Å². The lowest BCUT2D eigenvalue weighted by molar-refractivity contribution is 0.660. The molecule has 0 spiro atoms. The standard InChI is InChI=1S/C53H35NO2/c1-53(2)43-19-8-7-16-41(43)48-36(17-9-20-44(48)53)34-24-28-35(29-25-34)54(45-21-11-23-47-49(45)42-31-27-33-13-4-6-15-38(33)51(42)55-47)46-22-10-18-39-40-30-26-32-12-3-5-14-37(32)50(40)56-52(39)46/h3-31H,1-2H3. The van der Waals surface area contributed by atoms with Crippen molar-refractivity contribution in [2.75, 3.05) is 4.90 Å². The number of rotatable bonds is 4. The van der Waals surface area contributed by atoms with Gasteiger partial charge in [0.1, 0.15) is 16.7 Å². The largest absolute Gasteiger partial charge is 0.455 e. The molecule has 0 fully saturated rings. The van der Waals surface area contributed by atoms with Crippen LogP contribution in [0, 0.1) is 0 Å². The Balaban J connectivity index is 1.11. The molecule has 1 aliphatic carbocycles. The highest BCUT2D eigenvalue weighted by atomic mass is 16.3. The molecular formula is C53H35NO2. The van der Waals surface area contributed by atoms with Crippen molar-refractivity contribution in [1.29, 1.82) is 0 Å². The zero-order valence-corrected chi connectivity index (χ0v) is 31.0. The van der Waals surface area contributed by atoms with E-state index in [1.807, 2.05) is 0 Å². The summed E-state index contributed by atoms with van der Waals surface area (Å²) in [4.78, 5) is 2.36. The average molecular weight is 718 g/mol. The van der Waals surface area contributed by atoms with Crippen molar-refractivity contribution in [3.05, 3.63) is 187 Å². The Labute approximate surface area is 323 Å². The number of hydrogen-bond donors (Lipinski definition) is 0. The Morgan fingerprint density at radius 1 is 0.411 bits per heavy atom. The van der Waals surface area contributed by atoms with Gasteiger partial charge >= 0.3 is 0 Å². The van der Waals surface area contributed by atoms with E-state index in [1.165, 1.54) is 33.4 Å². The summed E-state index contributed by atoms with van der Waals surface area (Å²) in [5.74, 6) is 0. The van der Waals surface area contributed by atoms with Crippen molar-refractivity contribution >= 4 is 82.5 Å². The maximum atomic E-state index is 6.99. The lowest BCUT2D eigenvalue weighted by atomic mass is 9.82. The van der Waals surface area contributed by atoms with Gasteiger partial charge in [-0.25, -0.2) is 0 Å². The zero-order chi connectivity index (χ0) is 37.1. The predicted octanol–water partition coefficient (Wildman–Crippen LogP) is 15.2. The second-order valence-electron chi connectivity index (χ2n) is 15.6. The van der Waals surface area contributed by atoms with E-state index in [4.69, 9.17) is 8.83 Å². The SMILES string of the molecule is CC1(C)c2ccccc2-c2c(-c3ccc(N(c4cccc5c4oc4c6ccccc6ccc54)c4cccc5oc6c7ccccc7ccc6c45)cc3)cccc21. The summed E-state index contributed by atoms with van der Waals surface area (Å²) in [6.07, 6.45) is 0. The van der Waals surface area contributed by atoms with Gasteiger partial charge in [0.2, 0.25) is 0 Å². The molecule has 2 heterocycles. The van der Waals surface area contributed by atoms with Crippen LogP contribution in [0.25, 0.3) is 87.7 Å². The fourth-order valence-electron chi connectivity index (χ4n) is 9.60. The number of hydrogen-bond acceptors (Lipinski definition) is 3. The van der Waals surface area contributed by atoms with E-state index in [2.05, 4.69) is 195 Å². The lowest BCUT2D eigenvalue weighted by Crippen LogP contribution is -2.14. The minimum absolute atomic E-state index is 0.0629. The molecule has 0 bridgehead atoms. The van der Waals surface area contributed by atoms with Crippen molar-refractivity contribution in [3.63, 3.8) is 0 Å². The zero-order valence-electron chi connectivity index (χ0n) is 31.0. The quantitative estimate of drug-likeness (QED) is 0.182. The summed E-state index contributed by atoms with van der Waals surface area (Å²) in [6.45, 7) is 4.68. The highest BCUT2D eigenvalue weighted by Crippen LogP contribution is 2.53. The first-order chi connectivity index (χ1) is 27.5.